The molecule has 0 aliphatic heterocycles. The van der Waals surface area contributed by atoms with Gasteiger partial charge in [-0.15, -0.1) is 0 Å². The van der Waals surface area contributed by atoms with Crippen molar-refractivity contribution < 1.29 is 23.5 Å². The number of carboxylic acid groups (broad SMARTS) is 1. The third kappa shape index (κ3) is 4.18. The normalized spacial score (nSPS) is 11.9. The van der Waals surface area contributed by atoms with Gasteiger partial charge < -0.3 is 10.4 Å². The summed E-state index contributed by atoms with van der Waals surface area (Å²) in [6, 6.07) is 3.78. The third-order valence-corrected chi connectivity index (χ3v) is 2.04. The summed E-state index contributed by atoms with van der Waals surface area (Å²) in [6.45, 7) is -1.19. The van der Waals surface area contributed by atoms with Gasteiger partial charge in [0.25, 0.3) is 0 Å². The van der Waals surface area contributed by atoms with Crippen LogP contribution in [-0.2, 0) is 16.0 Å². The molecule has 1 unspecified atom stereocenters. The summed E-state index contributed by atoms with van der Waals surface area (Å²) in [5, 5.41) is 10.5. The first-order chi connectivity index (χ1) is 8.02. The van der Waals surface area contributed by atoms with E-state index in [1.54, 1.807) is 0 Å². The fraction of sp³-hybridized carbons (Fsp3) is 0.273. The van der Waals surface area contributed by atoms with Gasteiger partial charge in [-0.25, -0.2) is 13.6 Å². The molecule has 2 N–H and O–H groups in total. The minimum absolute atomic E-state index is 0.193. The van der Waals surface area contributed by atoms with Gasteiger partial charge in [-0.3, -0.25) is 4.79 Å². The second-order valence-electron chi connectivity index (χ2n) is 3.42. The molecule has 1 amide bonds. The molecule has 0 aliphatic rings. The van der Waals surface area contributed by atoms with Crippen molar-refractivity contribution in [2.45, 2.75) is 12.5 Å². The molecular weight excluding hydrogens is 232 g/mol. The van der Waals surface area contributed by atoms with Crippen LogP contribution in [-0.4, -0.2) is 29.7 Å². The van der Waals surface area contributed by atoms with Crippen LogP contribution < -0.4 is 5.32 Å². The first kappa shape index (κ1) is 13.1. The first-order valence-corrected chi connectivity index (χ1v) is 4.85. The van der Waals surface area contributed by atoms with Gasteiger partial charge in [0.1, 0.15) is 12.5 Å². The summed E-state index contributed by atoms with van der Waals surface area (Å²) in [5.74, 6) is -2.60. The fourth-order valence-corrected chi connectivity index (χ4v) is 1.24. The van der Waals surface area contributed by atoms with Gasteiger partial charge in [0.15, 0.2) is 6.04 Å². The maximum Gasteiger partial charge on any atom is 0.328 e. The Kier molecular flexibility index (Phi) is 4.56. The second-order valence-corrected chi connectivity index (χ2v) is 3.42. The number of carbonyl (C=O) groups excluding carboxylic acids is 1. The van der Waals surface area contributed by atoms with Crippen molar-refractivity contribution in [2.75, 3.05) is 6.67 Å². The van der Waals surface area contributed by atoms with Crippen molar-refractivity contribution in [1.82, 2.24) is 5.32 Å². The Morgan fingerprint density at radius 2 is 2.12 bits per heavy atom. The molecule has 0 bridgehead atoms. The van der Waals surface area contributed by atoms with E-state index in [-0.39, 0.29) is 6.42 Å². The topological polar surface area (TPSA) is 66.4 Å². The molecule has 6 heteroatoms. The lowest BCUT2D eigenvalue weighted by Gasteiger charge is -2.10. The lowest BCUT2D eigenvalue weighted by Crippen LogP contribution is -2.43. The molecule has 0 fully saturated rings. The van der Waals surface area contributed by atoms with Gasteiger partial charge in [-0.05, 0) is 17.7 Å². The summed E-state index contributed by atoms with van der Waals surface area (Å²) >= 11 is 0. The van der Waals surface area contributed by atoms with Crippen LogP contribution in [0.5, 0.6) is 0 Å². The summed E-state index contributed by atoms with van der Waals surface area (Å²) in [5.41, 5.74) is 0.394. The zero-order chi connectivity index (χ0) is 12.8. The number of rotatable bonds is 5. The zero-order valence-corrected chi connectivity index (χ0v) is 8.82. The Labute approximate surface area is 96.3 Å². The monoisotopic (exact) mass is 243 g/mol. The number of hydrogen-bond donors (Lipinski definition) is 2. The number of benzene rings is 1. The zero-order valence-electron chi connectivity index (χ0n) is 8.82. The van der Waals surface area contributed by atoms with Crippen molar-refractivity contribution in [3.05, 3.63) is 35.6 Å². The molecule has 0 radical (unpaired) electrons. The van der Waals surface area contributed by atoms with Crippen LogP contribution in [0.3, 0.4) is 0 Å². The lowest BCUT2D eigenvalue weighted by atomic mass is 10.1. The van der Waals surface area contributed by atoms with E-state index in [2.05, 4.69) is 0 Å². The highest BCUT2D eigenvalue weighted by Crippen LogP contribution is 2.04. The summed E-state index contributed by atoms with van der Waals surface area (Å²) in [6.07, 6.45) is -0.193. The number of carboxylic acids is 1. The van der Waals surface area contributed by atoms with Crippen LogP contribution in [0.15, 0.2) is 24.3 Å². The molecule has 0 saturated heterocycles. The predicted molar refractivity (Wildman–Crippen MR) is 55.6 cm³/mol. The summed E-state index contributed by atoms with van der Waals surface area (Å²) in [7, 11) is 0. The molecule has 92 valence electrons. The predicted octanol–water partition coefficient (Wildman–Crippen LogP) is 0.907. The summed E-state index contributed by atoms with van der Waals surface area (Å²) in [4.78, 5) is 21.8. The van der Waals surface area contributed by atoms with Gasteiger partial charge in [0, 0.05) is 0 Å². The molecule has 0 aromatic heterocycles. The fourth-order valence-electron chi connectivity index (χ4n) is 1.24. The summed E-state index contributed by atoms with van der Waals surface area (Å²) < 4.78 is 25.0. The van der Waals surface area contributed by atoms with E-state index in [1.807, 2.05) is 5.32 Å². The third-order valence-electron chi connectivity index (χ3n) is 2.04. The van der Waals surface area contributed by atoms with Crippen LogP contribution in [0, 0.1) is 5.82 Å². The molecule has 1 aromatic rings. The van der Waals surface area contributed by atoms with Gasteiger partial charge in [-0.2, -0.15) is 0 Å². The van der Waals surface area contributed by atoms with Gasteiger partial charge >= 0.3 is 5.97 Å². The number of amides is 1. The molecule has 0 heterocycles. The van der Waals surface area contributed by atoms with Gasteiger partial charge in [0.2, 0.25) is 5.91 Å². The average Bonchev–Trinajstić information content (AvgIpc) is 2.25. The molecule has 1 aromatic carbocycles. The number of halogens is 2. The maximum atomic E-state index is 12.8. The van der Waals surface area contributed by atoms with E-state index in [0.29, 0.717) is 5.56 Å². The molecule has 1 atom stereocenters. The van der Waals surface area contributed by atoms with E-state index in [9.17, 15) is 18.4 Å². The quantitative estimate of drug-likeness (QED) is 0.807. The van der Waals surface area contributed by atoms with E-state index < -0.39 is 30.4 Å². The second kappa shape index (κ2) is 5.93. The van der Waals surface area contributed by atoms with Crippen molar-refractivity contribution in [3.63, 3.8) is 0 Å². The highest BCUT2D eigenvalue weighted by molar-refractivity contribution is 5.84. The van der Waals surface area contributed by atoms with Crippen LogP contribution in [0.1, 0.15) is 5.56 Å². The lowest BCUT2D eigenvalue weighted by molar-refractivity contribution is -0.142. The SMILES string of the molecule is O=C(Cc1cccc(F)c1)NC(CF)C(=O)O. The largest absolute Gasteiger partial charge is 0.480 e. The van der Waals surface area contributed by atoms with Crippen LogP contribution in [0.4, 0.5) is 8.78 Å². The average molecular weight is 243 g/mol. The molecule has 4 nitrogen and oxygen atoms in total. The number of hydrogen-bond acceptors (Lipinski definition) is 2. The Morgan fingerprint density at radius 3 is 2.65 bits per heavy atom. The standard InChI is InChI=1S/C11H11F2NO3/c12-6-9(11(16)17)14-10(15)5-7-2-1-3-8(13)4-7/h1-4,9H,5-6H2,(H,14,15)(H,16,17). The van der Waals surface area contributed by atoms with Gasteiger partial charge in [0.05, 0.1) is 6.42 Å². The molecule has 0 spiro atoms. The van der Waals surface area contributed by atoms with Crippen LogP contribution in [0.2, 0.25) is 0 Å². The van der Waals surface area contributed by atoms with Crippen molar-refractivity contribution in [1.29, 1.82) is 0 Å². The number of nitrogens with one attached hydrogen (secondary N) is 1. The van der Waals surface area contributed by atoms with Gasteiger partial charge in [-0.1, -0.05) is 12.1 Å². The minimum atomic E-state index is -1.56. The molecule has 0 aliphatic carbocycles. The molecule has 17 heavy (non-hydrogen) atoms. The van der Waals surface area contributed by atoms with Crippen molar-refractivity contribution >= 4 is 11.9 Å². The van der Waals surface area contributed by atoms with E-state index in [0.717, 1.165) is 6.07 Å². The molecular formula is C11H11F2NO3. The number of aliphatic carboxylic acids is 1. The number of carbonyl (C=O) groups is 2. The highest BCUT2D eigenvalue weighted by atomic mass is 19.1. The Hall–Kier alpha value is -1.98. The van der Waals surface area contributed by atoms with Crippen LogP contribution >= 0.6 is 0 Å². The van der Waals surface area contributed by atoms with Crippen LogP contribution in [0.25, 0.3) is 0 Å². The Morgan fingerprint density at radius 1 is 1.41 bits per heavy atom. The maximum absolute atomic E-state index is 12.8. The molecule has 0 saturated carbocycles. The smallest absolute Gasteiger partial charge is 0.328 e. The molecule has 1 rings (SSSR count). The van der Waals surface area contributed by atoms with E-state index in [4.69, 9.17) is 5.11 Å². The minimum Gasteiger partial charge on any atom is -0.480 e. The van der Waals surface area contributed by atoms with Crippen molar-refractivity contribution in [3.8, 4) is 0 Å². The first-order valence-electron chi connectivity index (χ1n) is 4.85. The van der Waals surface area contributed by atoms with E-state index in [1.165, 1.54) is 18.2 Å². The van der Waals surface area contributed by atoms with Crippen molar-refractivity contribution in [2.24, 2.45) is 0 Å². The Balaban J connectivity index is 2.58. The van der Waals surface area contributed by atoms with E-state index >= 15 is 0 Å². The Bertz CT molecular complexity index is 423. The number of alkyl halides is 1. The highest BCUT2D eigenvalue weighted by Gasteiger charge is 2.19.